The summed E-state index contributed by atoms with van der Waals surface area (Å²) in [5.41, 5.74) is 0.436. The Kier molecular flexibility index (Phi) is 4.71. The van der Waals surface area contributed by atoms with E-state index in [1.807, 2.05) is 0 Å². The first-order chi connectivity index (χ1) is 10.2. The van der Waals surface area contributed by atoms with Crippen LogP contribution in [-0.2, 0) is 9.47 Å². The predicted octanol–water partition coefficient (Wildman–Crippen LogP) is 2.70. The monoisotopic (exact) mass is 289 g/mol. The summed E-state index contributed by atoms with van der Waals surface area (Å²) in [7, 11) is 0. The number of ether oxygens (including phenoxy) is 2. The average molecular weight is 289 g/mol. The van der Waals surface area contributed by atoms with Crippen LogP contribution < -0.4 is 0 Å². The number of aromatic nitrogens is 1. The van der Waals surface area contributed by atoms with Crippen LogP contribution >= 0.6 is 0 Å². The normalized spacial score (nSPS) is 10.2. The number of hydrogen-bond acceptors (Lipinski definition) is 6. The van der Waals surface area contributed by atoms with Crippen molar-refractivity contribution in [2.75, 3.05) is 13.2 Å². The Hall–Kier alpha value is -2.63. The first-order valence-corrected chi connectivity index (χ1v) is 6.56. The van der Waals surface area contributed by atoms with E-state index in [1.165, 1.54) is 12.3 Å². The molecule has 0 N–H and O–H groups in total. The number of rotatable bonds is 5. The fraction of sp³-hybridized carbons (Fsp3) is 0.267. The molecule has 0 bridgehead atoms. The van der Waals surface area contributed by atoms with Gasteiger partial charge in [0, 0.05) is 0 Å². The molecule has 0 radical (unpaired) electrons. The molecule has 0 spiro atoms. The minimum atomic E-state index is -0.672. The minimum Gasteiger partial charge on any atom is -0.463 e. The van der Waals surface area contributed by atoms with E-state index in [4.69, 9.17) is 13.9 Å². The lowest BCUT2D eigenvalue weighted by molar-refractivity contribution is 0.0473. The van der Waals surface area contributed by atoms with Crippen LogP contribution in [0, 0.1) is 0 Å². The molecule has 110 valence electrons. The van der Waals surface area contributed by atoms with Crippen LogP contribution in [0.1, 0.15) is 34.7 Å². The Balaban J connectivity index is 2.46. The van der Waals surface area contributed by atoms with Crippen molar-refractivity contribution >= 4 is 11.9 Å². The highest BCUT2D eigenvalue weighted by Crippen LogP contribution is 2.20. The van der Waals surface area contributed by atoms with Crippen molar-refractivity contribution in [1.82, 2.24) is 4.98 Å². The molecule has 0 atom stereocenters. The van der Waals surface area contributed by atoms with Gasteiger partial charge in [-0.1, -0.05) is 0 Å². The molecule has 0 aliphatic carbocycles. The molecular formula is C15H15NO5. The summed E-state index contributed by atoms with van der Waals surface area (Å²) in [6.07, 6.45) is 1.50. The summed E-state index contributed by atoms with van der Waals surface area (Å²) in [5, 5.41) is 0. The molecule has 2 aromatic heterocycles. The predicted molar refractivity (Wildman–Crippen MR) is 73.9 cm³/mol. The van der Waals surface area contributed by atoms with Crippen LogP contribution in [-0.4, -0.2) is 30.1 Å². The lowest BCUT2D eigenvalue weighted by atomic mass is 10.1. The Labute approximate surface area is 121 Å². The molecule has 0 aromatic carbocycles. The van der Waals surface area contributed by atoms with Gasteiger partial charge in [-0.2, -0.15) is 0 Å². The smallest absolute Gasteiger partial charge is 0.357 e. The van der Waals surface area contributed by atoms with Gasteiger partial charge in [0.15, 0.2) is 11.5 Å². The Morgan fingerprint density at radius 3 is 2.43 bits per heavy atom. The third kappa shape index (κ3) is 3.28. The molecule has 0 saturated heterocycles. The average Bonchev–Trinajstić information content (AvgIpc) is 3.01. The fourth-order valence-corrected chi connectivity index (χ4v) is 1.75. The Bertz CT molecular complexity index is 634. The van der Waals surface area contributed by atoms with Gasteiger partial charge in [0.1, 0.15) is 5.69 Å². The number of furan rings is 1. The molecule has 2 aromatic rings. The summed E-state index contributed by atoms with van der Waals surface area (Å²) in [6.45, 7) is 3.76. The van der Waals surface area contributed by atoms with E-state index in [0.29, 0.717) is 11.5 Å². The largest absolute Gasteiger partial charge is 0.463 e. The van der Waals surface area contributed by atoms with E-state index >= 15 is 0 Å². The van der Waals surface area contributed by atoms with Gasteiger partial charge in [-0.15, -0.1) is 0 Å². The first kappa shape index (κ1) is 14.8. The van der Waals surface area contributed by atoms with Crippen LogP contribution in [0.25, 0.3) is 11.5 Å². The number of pyridine rings is 1. The molecule has 0 aliphatic heterocycles. The number of nitrogens with zero attached hydrogens (tertiary/aromatic N) is 1. The molecule has 0 fully saturated rings. The van der Waals surface area contributed by atoms with Crippen LogP contribution in [0.4, 0.5) is 0 Å². The Morgan fingerprint density at radius 1 is 1.10 bits per heavy atom. The molecule has 21 heavy (non-hydrogen) atoms. The van der Waals surface area contributed by atoms with Gasteiger partial charge in [0.2, 0.25) is 0 Å². The van der Waals surface area contributed by atoms with Crippen molar-refractivity contribution in [2.45, 2.75) is 13.8 Å². The third-order valence-corrected chi connectivity index (χ3v) is 2.63. The van der Waals surface area contributed by atoms with Crippen molar-refractivity contribution in [3.63, 3.8) is 0 Å². The second-order valence-corrected chi connectivity index (χ2v) is 4.01. The van der Waals surface area contributed by atoms with E-state index < -0.39 is 11.9 Å². The molecule has 6 heteroatoms. The maximum atomic E-state index is 12.0. The molecule has 0 aliphatic rings. The fourth-order valence-electron chi connectivity index (χ4n) is 1.75. The lowest BCUT2D eigenvalue weighted by Crippen LogP contribution is -2.16. The molecule has 2 rings (SSSR count). The lowest BCUT2D eigenvalue weighted by Gasteiger charge is -2.08. The SMILES string of the molecule is CCOC(=O)c1ccc(-c2ccco2)nc1C(=O)OCC. The van der Waals surface area contributed by atoms with E-state index in [0.717, 1.165) is 0 Å². The molecule has 0 saturated carbocycles. The van der Waals surface area contributed by atoms with Crippen LogP contribution in [0.2, 0.25) is 0 Å². The second kappa shape index (κ2) is 6.69. The maximum Gasteiger partial charge on any atom is 0.357 e. The molecule has 0 amide bonds. The molecule has 0 unspecified atom stereocenters. The standard InChI is InChI=1S/C15H15NO5/c1-3-19-14(17)10-7-8-11(12-6-5-9-21-12)16-13(10)15(18)20-4-2/h5-9H,3-4H2,1-2H3. The zero-order valence-corrected chi connectivity index (χ0v) is 11.8. The number of carbonyl (C=O) groups excluding carboxylic acids is 2. The van der Waals surface area contributed by atoms with Crippen molar-refractivity contribution in [2.24, 2.45) is 0 Å². The van der Waals surface area contributed by atoms with Crippen molar-refractivity contribution in [3.05, 3.63) is 41.8 Å². The highest BCUT2D eigenvalue weighted by molar-refractivity contribution is 6.02. The van der Waals surface area contributed by atoms with E-state index in [-0.39, 0.29) is 24.5 Å². The van der Waals surface area contributed by atoms with Gasteiger partial charge in [-0.05, 0) is 38.1 Å². The van der Waals surface area contributed by atoms with Gasteiger partial charge in [-0.3, -0.25) is 0 Å². The van der Waals surface area contributed by atoms with Gasteiger partial charge >= 0.3 is 11.9 Å². The molecular weight excluding hydrogens is 274 g/mol. The quantitative estimate of drug-likeness (QED) is 0.787. The van der Waals surface area contributed by atoms with E-state index in [2.05, 4.69) is 4.98 Å². The third-order valence-electron chi connectivity index (χ3n) is 2.63. The number of hydrogen-bond donors (Lipinski definition) is 0. The number of esters is 2. The summed E-state index contributed by atoms with van der Waals surface area (Å²) in [4.78, 5) is 28.0. The number of carbonyl (C=O) groups is 2. The van der Waals surface area contributed by atoms with Crippen molar-refractivity contribution in [3.8, 4) is 11.5 Å². The van der Waals surface area contributed by atoms with Crippen molar-refractivity contribution in [1.29, 1.82) is 0 Å². The van der Waals surface area contributed by atoms with Gasteiger partial charge in [0.05, 0.1) is 25.0 Å². The van der Waals surface area contributed by atoms with Gasteiger partial charge in [-0.25, -0.2) is 14.6 Å². The topological polar surface area (TPSA) is 78.6 Å². The summed E-state index contributed by atoms with van der Waals surface area (Å²) < 4.78 is 15.1. The summed E-state index contributed by atoms with van der Waals surface area (Å²) >= 11 is 0. The highest BCUT2D eigenvalue weighted by atomic mass is 16.5. The second-order valence-electron chi connectivity index (χ2n) is 4.01. The van der Waals surface area contributed by atoms with Crippen LogP contribution in [0.15, 0.2) is 34.9 Å². The summed E-state index contributed by atoms with van der Waals surface area (Å²) in [6, 6.07) is 6.49. The van der Waals surface area contributed by atoms with Crippen molar-refractivity contribution < 1.29 is 23.5 Å². The highest BCUT2D eigenvalue weighted by Gasteiger charge is 2.22. The molecule has 2 heterocycles. The van der Waals surface area contributed by atoms with Gasteiger partial charge in [0.25, 0.3) is 0 Å². The van der Waals surface area contributed by atoms with Gasteiger partial charge < -0.3 is 13.9 Å². The molecule has 6 nitrogen and oxygen atoms in total. The zero-order chi connectivity index (χ0) is 15.2. The zero-order valence-electron chi connectivity index (χ0n) is 11.8. The maximum absolute atomic E-state index is 12.0. The first-order valence-electron chi connectivity index (χ1n) is 6.56. The minimum absolute atomic E-state index is 0.0746. The van der Waals surface area contributed by atoms with Crippen LogP contribution in [0.3, 0.4) is 0 Å². The van der Waals surface area contributed by atoms with E-state index in [9.17, 15) is 9.59 Å². The Morgan fingerprint density at radius 2 is 1.81 bits per heavy atom. The van der Waals surface area contributed by atoms with E-state index in [1.54, 1.807) is 32.0 Å². The van der Waals surface area contributed by atoms with Crippen LogP contribution in [0.5, 0.6) is 0 Å². The summed E-state index contributed by atoms with van der Waals surface area (Å²) in [5.74, 6) is -0.788.